The highest BCUT2D eigenvalue weighted by atomic mass is 16.5. The van der Waals surface area contributed by atoms with E-state index in [0.29, 0.717) is 18.0 Å². The fourth-order valence-corrected chi connectivity index (χ4v) is 2.42. The molecule has 1 aliphatic rings. The summed E-state index contributed by atoms with van der Waals surface area (Å²) in [5.74, 6) is -0.0445. The molecule has 1 atom stereocenters. The Morgan fingerprint density at radius 1 is 1.50 bits per heavy atom. The Bertz CT molecular complexity index is 684. The van der Waals surface area contributed by atoms with E-state index in [1.807, 2.05) is 12.1 Å². The normalized spacial score (nSPS) is 17.6. The second kappa shape index (κ2) is 5.88. The molecule has 2 amide bonds. The number of carbonyl (C=O) groups excluding carboxylic acids is 2. The van der Waals surface area contributed by atoms with E-state index >= 15 is 0 Å². The van der Waals surface area contributed by atoms with E-state index in [-0.39, 0.29) is 18.2 Å². The predicted molar refractivity (Wildman–Crippen MR) is 78.6 cm³/mol. The second-order valence-electron chi connectivity index (χ2n) is 5.01. The maximum Gasteiger partial charge on any atom is 0.229 e. The molecule has 0 radical (unpaired) electrons. The van der Waals surface area contributed by atoms with Crippen LogP contribution in [0.3, 0.4) is 0 Å². The zero-order chi connectivity index (χ0) is 15.5. The first-order valence-corrected chi connectivity index (χ1v) is 6.82. The average Bonchev–Trinajstić information content (AvgIpc) is 3.17. The van der Waals surface area contributed by atoms with Crippen molar-refractivity contribution in [2.75, 3.05) is 23.9 Å². The number of rotatable bonds is 4. The van der Waals surface area contributed by atoms with Crippen LogP contribution in [0.2, 0.25) is 0 Å². The molecule has 1 saturated heterocycles. The maximum absolute atomic E-state index is 12.2. The standard InChI is InChI=1S/C15H15N3O4/c1-21-13-4-2-3-12(6-13)18-8-10(5-14(18)19)15(20)17-11-7-16-22-9-11/h2-4,6-7,9-10H,5,8H2,1H3,(H,17,20)/t10-/m0/s1. The van der Waals surface area contributed by atoms with Gasteiger partial charge in [-0.1, -0.05) is 11.2 Å². The summed E-state index contributed by atoms with van der Waals surface area (Å²) in [6.07, 6.45) is 2.93. The van der Waals surface area contributed by atoms with E-state index < -0.39 is 5.92 Å². The van der Waals surface area contributed by atoms with Gasteiger partial charge in [-0.25, -0.2) is 0 Å². The largest absolute Gasteiger partial charge is 0.497 e. The summed E-state index contributed by atoms with van der Waals surface area (Å²) in [5, 5.41) is 6.20. The van der Waals surface area contributed by atoms with Gasteiger partial charge in [0.15, 0.2) is 0 Å². The number of aromatic nitrogens is 1. The fourth-order valence-electron chi connectivity index (χ4n) is 2.42. The molecular weight excluding hydrogens is 286 g/mol. The zero-order valence-electron chi connectivity index (χ0n) is 12.0. The number of hydrogen-bond acceptors (Lipinski definition) is 5. The molecule has 0 spiro atoms. The highest BCUT2D eigenvalue weighted by Gasteiger charge is 2.35. The number of amides is 2. The topological polar surface area (TPSA) is 84.7 Å². The summed E-state index contributed by atoms with van der Waals surface area (Å²) in [7, 11) is 1.57. The van der Waals surface area contributed by atoms with Crippen molar-refractivity contribution in [2.24, 2.45) is 5.92 Å². The first-order chi connectivity index (χ1) is 10.7. The third-order valence-electron chi connectivity index (χ3n) is 3.56. The van der Waals surface area contributed by atoms with Crippen molar-refractivity contribution in [3.8, 4) is 5.75 Å². The van der Waals surface area contributed by atoms with Crippen molar-refractivity contribution in [3.05, 3.63) is 36.7 Å². The lowest BCUT2D eigenvalue weighted by atomic mass is 10.1. The van der Waals surface area contributed by atoms with Gasteiger partial charge in [-0.3, -0.25) is 9.59 Å². The van der Waals surface area contributed by atoms with E-state index in [4.69, 9.17) is 4.74 Å². The second-order valence-corrected chi connectivity index (χ2v) is 5.01. The summed E-state index contributed by atoms with van der Waals surface area (Å²) in [4.78, 5) is 25.9. The van der Waals surface area contributed by atoms with Gasteiger partial charge in [0.2, 0.25) is 11.8 Å². The highest BCUT2D eigenvalue weighted by molar-refractivity contribution is 6.03. The first kappa shape index (κ1) is 14.1. The molecule has 3 rings (SSSR count). The van der Waals surface area contributed by atoms with Crippen LogP contribution < -0.4 is 15.0 Å². The van der Waals surface area contributed by atoms with E-state index in [9.17, 15) is 9.59 Å². The molecule has 1 N–H and O–H groups in total. The van der Waals surface area contributed by atoms with Crippen LogP contribution in [0.15, 0.2) is 41.2 Å². The molecule has 7 heteroatoms. The molecule has 0 aliphatic carbocycles. The summed E-state index contributed by atoms with van der Waals surface area (Å²) in [6, 6.07) is 7.21. The van der Waals surface area contributed by atoms with Crippen LogP contribution >= 0.6 is 0 Å². The van der Waals surface area contributed by atoms with Crippen molar-refractivity contribution in [1.82, 2.24) is 5.16 Å². The summed E-state index contributed by atoms with van der Waals surface area (Å²) in [5.41, 5.74) is 1.21. The van der Waals surface area contributed by atoms with Crippen LogP contribution in [0.4, 0.5) is 11.4 Å². The van der Waals surface area contributed by atoms with Gasteiger partial charge in [-0.05, 0) is 12.1 Å². The van der Waals surface area contributed by atoms with E-state index in [0.717, 1.165) is 5.69 Å². The Balaban J connectivity index is 1.71. The van der Waals surface area contributed by atoms with Gasteiger partial charge in [0.05, 0.1) is 19.2 Å². The van der Waals surface area contributed by atoms with E-state index in [1.54, 1.807) is 24.1 Å². The molecule has 0 unspecified atom stereocenters. The van der Waals surface area contributed by atoms with Crippen LogP contribution in [0.25, 0.3) is 0 Å². The predicted octanol–water partition coefficient (Wildman–Crippen LogP) is 1.67. The third-order valence-corrected chi connectivity index (χ3v) is 3.56. The molecular formula is C15H15N3O4. The van der Waals surface area contributed by atoms with E-state index in [1.165, 1.54) is 12.5 Å². The van der Waals surface area contributed by atoms with Crippen molar-refractivity contribution >= 4 is 23.2 Å². The summed E-state index contributed by atoms with van der Waals surface area (Å²) < 4.78 is 9.82. The molecule has 1 fully saturated rings. The number of ether oxygens (including phenoxy) is 1. The number of anilines is 2. The quantitative estimate of drug-likeness (QED) is 0.928. The van der Waals surface area contributed by atoms with E-state index in [2.05, 4.69) is 15.0 Å². The minimum absolute atomic E-state index is 0.0845. The van der Waals surface area contributed by atoms with Crippen molar-refractivity contribution < 1.29 is 18.8 Å². The molecule has 2 aromatic rings. The summed E-state index contributed by atoms with van der Waals surface area (Å²) in [6.45, 7) is 0.336. The first-order valence-electron chi connectivity index (χ1n) is 6.82. The number of methoxy groups -OCH3 is 1. The Morgan fingerprint density at radius 3 is 3.09 bits per heavy atom. The van der Waals surface area contributed by atoms with Gasteiger partial charge in [0.1, 0.15) is 17.7 Å². The van der Waals surface area contributed by atoms with Gasteiger partial charge in [0.25, 0.3) is 0 Å². The molecule has 2 heterocycles. The average molecular weight is 301 g/mol. The summed E-state index contributed by atoms with van der Waals surface area (Å²) >= 11 is 0. The van der Waals surface area contributed by atoms with Gasteiger partial charge < -0.3 is 19.5 Å². The molecule has 22 heavy (non-hydrogen) atoms. The minimum Gasteiger partial charge on any atom is -0.497 e. The van der Waals surface area contributed by atoms with Crippen LogP contribution in [0.1, 0.15) is 6.42 Å². The van der Waals surface area contributed by atoms with Crippen LogP contribution in [-0.4, -0.2) is 30.6 Å². The van der Waals surface area contributed by atoms with Gasteiger partial charge in [-0.2, -0.15) is 0 Å². The number of benzene rings is 1. The number of nitrogens with one attached hydrogen (secondary N) is 1. The number of carbonyl (C=O) groups is 2. The molecule has 1 aromatic heterocycles. The van der Waals surface area contributed by atoms with Crippen molar-refractivity contribution in [1.29, 1.82) is 0 Å². The fraction of sp³-hybridized carbons (Fsp3) is 0.267. The highest BCUT2D eigenvalue weighted by Crippen LogP contribution is 2.28. The third kappa shape index (κ3) is 2.78. The minimum atomic E-state index is -0.409. The Hall–Kier alpha value is -2.83. The monoisotopic (exact) mass is 301 g/mol. The Labute approximate surface area is 126 Å². The van der Waals surface area contributed by atoms with Crippen LogP contribution in [0.5, 0.6) is 5.75 Å². The smallest absolute Gasteiger partial charge is 0.229 e. The van der Waals surface area contributed by atoms with Crippen LogP contribution in [0, 0.1) is 5.92 Å². The Morgan fingerprint density at radius 2 is 2.36 bits per heavy atom. The van der Waals surface area contributed by atoms with Gasteiger partial charge >= 0.3 is 0 Å². The maximum atomic E-state index is 12.2. The van der Waals surface area contributed by atoms with Crippen LogP contribution in [-0.2, 0) is 9.59 Å². The lowest BCUT2D eigenvalue weighted by Crippen LogP contribution is -2.28. The lowest BCUT2D eigenvalue weighted by molar-refractivity contribution is -0.122. The SMILES string of the molecule is COc1cccc(N2C[C@@H](C(=O)Nc3cnoc3)CC2=O)c1. The van der Waals surface area contributed by atoms with Crippen molar-refractivity contribution in [3.63, 3.8) is 0 Å². The van der Waals surface area contributed by atoms with Crippen molar-refractivity contribution in [2.45, 2.75) is 6.42 Å². The molecule has 0 saturated carbocycles. The molecule has 7 nitrogen and oxygen atoms in total. The van der Waals surface area contributed by atoms with Gasteiger partial charge in [0, 0.05) is 24.7 Å². The Kier molecular flexibility index (Phi) is 3.78. The number of nitrogens with zero attached hydrogens (tertiary/aromatic N) is 2. The lowest BCUT2D eigenvalue weighted by Gasteiger charge is -2.17. The molecule has 1 aliphatic heterocycles. The molecule has 1 aromatic carbocycles. The zero-order valence-corrected chi connectivity index (χ0v) is 12.0. The molecule has 114 valence electrons. The molecule has 0 bridgehead atoms. The van der Waals surface area contributed by atoms with Gasteiger partial charge in [-0.15, -0.1) is 0 Å². The number of hydrogen-bond donors (Lipinski definition) is 1.